The van der Waals surface area contributed by atoms with E-state index in [1.807, 2.05) is 6.07 Å². The lowest BCUT2D eigenvalue weighted by molar-refractivity contribution is 0.0495. The number of alkyl halides is 1. The molecule has 1 heterocycles. The molecule has 1 fully saturated rings. The van der Waals surface area contributed by atoms with Gasteiger partial charge in [0, 0.05) is 30.6 Å². The van der Waals surface area contributed by atoms with Gasteiger partial charge in [0.1, 0.15) is 0 Å². The molecule has 0 aliphatic carbocycles. The molecule has 0 bridgehead atoms. The average Bonchev–Trinajstić information content (AvgIpc) is 2.48. The van der Waals surface area contributed by atoms with Crippen molar-refractivity contribution in [2.75, 3.05) is 26.8 Å². The topological polar surface area (TPSA) is 46.6 Å². The highest BCUT2D eigenvalue weighted by atomic mass is 79.9. The third-order valence-corrected chi connectivity index (χ3v) is 6.73. The summed E-state index contributed by atoms with van der Waals surface area (Å²) in [5.41, 5.74) is 0.785. The van der Waals surface area contributed by atoms with Crippen LogP contribution in [0.25, 0.3) is 0 Å². The van der Waals surface area contributed by atoms with Crippen molar-refractivity contribution in [2.45, 2.75) is 23.6 Å². The van der Waals surface area contributed by atoms with Gasteiger partial charge in [-0.2, -0.15) is 0 Å². The van der Waals surface area contributed by atoms with Crippen LogP contribution in [0.4, 0.5) is 0 Å². The van der Waals surface area contributed by atoms with Gasteiger partial charge < -0.3 is 4.74 Å². The average molecular weight is 397 g/mol. The Balaban J connectivity index is 2.20. The van der Waals surface area contributed by atoms with Crippen LogP contribution in [-0.4, -0.2) is 39.5 Å². The van der Waals surface area contributed by atoms with Gasteiger partial charge >= 0.3 is 0 Å². The first kappa shape index (κ1) is 17.2. The number of benzene rings is 1. The Morgan fingerprint density at radius 1 is 1.48 bits per heavy atom. The van der Waals surface area contributed by atoms with Crippen molar-refractivity contribution in [3.05, 3.63) is 28.2 Å². The smallest absolute Gasteiger partial charge is 0.243 e. The van der Waals surface area contributed by atoms with E-state index in [4.69, 9.17) is 16.3 Å². The molecule has 1 aliphatic rings. The number of hydrogen-bond acceptors (Lipinski definition) is 3. The summed E-state index contributed by atoms with van der Waals surface area (Å²) in [4.78, 5) is 0.264. The van der Waals surface area contributed by atoms with Gasteiger partial charge in [-0.3, -0.25) is 0 Å². The maximum atomic E-state index is 12.7. The fourth-order valence-corrected chi connectivity index (χ4v) is 4.79. The molecule has 0 spiro atoms. The van der Waals surface area contributed by atoms with Crippen LogP contribution in [0.5, 0.6) is 0 Å². The zero-order valence-corrected chi connectivity index (χ0v) is 15.0. The zero-order valence-electron chi connectivity index (χ0n) is 11.9. The second-order valence-electron chi connectivity index (χ2n) is 5.27. The molecule has 1 aliphatic heterocycles. The molecule has 7 heteroatoms. The predicted octanol–water partition coefficient (Wildman–Crippen LogP) is 3.24. The first-order chi connectivity index (χ1) is 9.95. The van der Waals surface area contributed by atoms with E-state index in [2.05, 4.69) is 15.9 Å². The Bertz CT molecular complexity index is 588. The van der Waals surface area contributed by atoms with Crippen LogP contribution in [0.2, 0.25) is 0 Å². The lowest BCUT2D eigenvalue weighted by atomic mass is 10.0. The first-order valence-corrected chi connectivity index (χ1v) is 9.60. The molecule has 0 radical (unpaired) electrons. The highest BCUT2D eigenvalue weighted by molar-refractivity contribution is 9.10. The van der Waals surface area contributed by atoms with Gasteiger partial charge in [-0.05, 0) is 52.4 Å². The summed E-state index contributed by atoms with van der Waals surface area (Å²) in [6.45, 7) is 1.87. The molecular formula is C14H19BrClNO3S. The number of ether oxygens (including phenoxy) is 1. The van der Waals surface area contributed by atoms with Gasteiger partial charge in [-0.25, -0.2) is 12.7 Å². The van der Waals surface area contributed by atoms with E-state index in [1.54, 1.807) is 19.2 Å². The van der Waals surface area contributed by atoms with E-state index in [0.29, 0.717) is 17.6 Å². The van der Waals surface area contributed by atoms with Crippen LogP contribution in [0.3, 0.4) is 0 Å². The predicted molar refractivity (Wildman–Crippen MR) is 87.1 cm³/mol. The van der Waals surface area contributed by atoms with Gasteiger partial charge in [-0.15, -0.1) is 11.6 Å². The standard InChI is InChI=1S/C14H19BrClNO3S/c1-17(9-12-3-2-6-20-10-12)21(18,19)14-7-11(8-16)4-5-13(14)15/h4-5,7,12H,2-3,6,8-10H2,1H3. The second-order valence-corrected chi connectivity index (χ2v) is 8.40. The Morgan fingerprint density at radius 3 is 2.86 bits per heavy atom. The molecule has 4 nitrogen and oxygen atoms in total. The lowest BCUT2D eigenvalue weighted by Crippen LogP contribution is -2.35. The minimum atomic E-state index is -3.53. The summed E-state index contributed by atoms with van der Waals surface area (Å²) in [6.07, 6.45) is 1.99. The molecule has 1 aromatic carbocycles. The fourth-order valence-electron chi connectivity index (χ4n) is 2.41. The maximum Gasteiger partial charge on any atom is 0.243 e. The number of rotatable bonds is 5. The highest BCUT2D eigenvalue weighted by Crippen LogP contribution is 2.27. The second kappa shape index (κ2) is 7.42. The summed E-state index contributed by atoms with van der Waals surface area (Å²) < 4.78 is 32.8. The summed E-state index contributed by atoms with van der Waals surface area (Å²) >= 11 is 9.11. The fraction of sp³-hybridized carbons (Fsp3) is 0.571. The third-order valence-electron chi connectivity index (χ3n) is 3.61. The van der Waals surface area contributed by atoms with Crippen molar-refractivity contribution >= 4 is 37.6 Å². The number of nitrogens with zero attached hydrogens (tertiary/aromatic N) is 1. The summed E-state index contributed by atoms with van der Waals surface area (Å²) in [6, 6.07) is 5.16. The van der Waals surface area contributed by atoms with E-state index in [9.17, 15) is 8.42 Å². The zero-order chi connectivity index (χ0) is 15.5. The normalized spacial score (nSPS) is 19.9. The number of sulfonamides is 1. The van der Waals surface area contributed by atoms with E-state index in [1.165, 1.54) is 4.31 Å². The first-order valence-electron chi connectivity index (χ1n) is 6.83. The van der Waals surface area contributed by atoms with Gasteiger partial charge in [0.2, 0.25) is 10.0 Å². The van der Waals surface area contributed by atoms with Crippen molar-refractivity contribution in [1.82, 2.24) is 4.31 Å². The van der Waals surface area contributed by atoms with Gasteiger partial charge in [0.25, 0.3) is 0 Å². The molecule has 1 atom stereocenters. The minimum absolute atomic E-state index is 0.258. The lowest BCUT2D eigenvalue weighted by Gasteiger charge is -2.27. The minimum Gasteiger partial charge on any atom is -0.381 e. The molecule has 1 unspecified atom stereocenters. The Hall–Kier alpha value is -0.140. The molecule has 118 valence electrons. The third kappa shape index (κ3) is 4.20. The summed E-state index contributed by atoms with van der Waals surface area (Å²) in [5, 5.41) is 0. The van der Waals surface area contributed by atoms with Crippen molar-refractivity contribution in [1.29, 1.82) is 0 Å². The van der Waals surface area contributed by atoms with E-state index < -0.39 is 10.0 Å². The molecular weight excluding hydrogens is 378 g/mol. The largest absolute Gasteiger partial charge is 0.381 e. The van der Waals surface area contributed by atoms with E-state index in [0.717, 1.165) is 25.0 Å². The van der Waals surface area contributed by atoms with Crippen molar-refractivity contribution < 1.29 is 13.2 Å². The van der Waals surface area contributed by atoms with Crippen molar-refractivity contribution in [2.24, 2.45) is 5.92 Å². The Labute approximate surface area is 139 Å². The van der Waals surface area contributed by atoms with Crippen LogP contribution in [0, 0.1) is 5.92 Å². The van der Waals surface area contributed by atoms with Crippen LogP contribution < -0.4 is 0 Å². The van der Waals surface area contributed by atoms with Crippen molar-refractivity contribution in [3.63, 3.8) is 0 Å². The van der Waals surface area contributed by atoms with Gasteiger partial charge in [-0.1, -0.05) is 6.07 Å². The Morgan fingerprint density at radius 2 is 2.24 bits per heavy atom. The molecule has 0 saturated carbocycles. The van der Waals surface area contributed by atoms with Crippen LogP contribution >= 0.6 is 27.5 Å². The van der Waals surface area contributed by atoms with Crippen molar-refractivity contribution in [3.8, 4) is 0 Å². The van der Waals surface area contributed by atoms with Gasteiger partial charge in [0.15, 0.2) is 0 Å². The molecule has 0 amide bonds. The summed E-state index contributed by atoms with van der Waals surface area (Å²) in [5.74, 6) is 0.546. The quantitative estimate of drug-likeness (QED) is 0.718. The highest BCUT2D eigenvalue weighted by Gasteiger charge is 2.27. The van der Waals surface area contributed by atoms with Crippen LogP contribution in [-0.2, 0) is 20.6 Å². The number of halogens is 2. The molecule has 1 saturated heterocycles. The van der Waals surface area contributed by atoms with Crippen LogP contribution in [0.1, 0.15) is 18.4 Å². The van der Waals surface area contributed by atoms with Crippen LogP contribution in [0.15, 0.2) is 27.6 Å². The maximum absolute atomic E-state index is 12.7. The molecule has 1 aromatic rings. The van der Waals surface area contributed by atoms with Gasteiger partial charge in [0.05, 0.1) is 11.5 Å². The molecule has 0 aromatic heterocycles. The Kier molecular flexibility index (Phi) is 6.08. The van der Waals surface area contributed by atoms with E-state index >= 15 is 0 Å². The van der Waals surface area contributed by atoms with E-state index in [-0.39, 0.29) is 16.7 Å². The molecule has 21 heavy (non-hydrogen) atoms. The molecule has 2 rings (SSSR count). The SMILES string of the molecule is CN(CC1CCCOC1)S(=O)(=O)c1cc(CCl)ccc1Br. The summed E-state index contributed by atoms with van der Waals surface area (Å²) in [7, 11) is -1.91. The number of hydrogen-bond donors (Lipinski definition) is 0. The molecule has 0 N–H and O–H groups in total. The monoisotopic (exact) mass is 395 g/mol.